The lowest BCUT2D eigenvalue weighted by Crippen LogP contribution is -1.97. The fraction of sp³-hybridized carbons (Fsp3) is 0.0172. The number of imidazole rings is 1. The first-order chi connectivity index (χ1) is 29.7. The largest absolute Gasteiger partial charge is 0.292 e. The highest BCUT2D eigenvalue weighted by Crippen LogP contribution is 2.45. The third kappa shape index (κ3) is 5.76. The first kappa shape index (κ1) is 35.4. The minimum absolute atomic E-state index is 0.933. The second kappa shape index (κ2) is 14.5. The van der Waals surface area contributed by atoms with Gasteiger partial charge >= 0.3 is 0 Å². The molecule has 0 aliphatic heterocycles. The van der Waals surface area contributed by atoms with Crippen LogP contribution in [0.25, 0.3) is 117 Å². The molecule has 0 saturated heterocycles. The number of hydrogen-bond donors (Lipinski definition) is 0. The summed E-state index contributed by atoms with van der Waals surface area (Å²) in [5.74, 6) is 0.933. The van der Waals surface area contributed by atoms with E-state index in [2.05, 4.69) is 218 Å². The van der Waals surface area contributed by atoms with Crippen LogP contribution >= 0.6 is 0 Å². The van der Waals surface area contributed by atoms with Crippen molar-refractivity contribution in [3.05, 3.63) is 218 Å². The average Bonchev–Trinajstić information content (AvgIpc) is 3.71. The summed E-state index contributed by atoms with van der Waals surface area (Å²) in [6.45, 7) is 6.24. The number of nitrogens with zero attached hydrogens (tertiary/aromatic N) is 2. The summed E-state index contributed by atoms with van der Waals surface area (Å²) < 4.78 is 2.27. The molecule has 1 heterocycles. The van der Waals surface area contributed by atoms with E-state index in [-0.39, 0.29) is 0 Å². The normalized spacial score (nSPS) is 11.8. The second-order valence-corrected chi connectivity index (χ2v) is 15.5. The van der Waals surface area contributed by atoms with Crippen LogP contribution in [0.4, 0.5) is 0 Å². The van der Waals surface area contributed by atoms with E-state index >= 15 is 0 Å². The summed E-state index contributed by atoms with van der Waals surface area (Å²) in [5.41, 5.74) is 13.7. The van der Waals surface area contributed by atoms with E-state index in [1.807, 2.05) is 12.1 Å². The first-order valence-corrected chi connectivity index (χ1v) is 20.6. The maximum atomic E-state index is 5.08. The van der Waals surface area contributed by atoms with Gasteiger partial charge in [-0.15, -0.1) is 0 Å². The zero-order chi connectivity index (χ0) is 40.2. The van der Waals surface area contributed by atoms with E-state index in [0.717, 1.165) is 39.2 Å². The van der Waals surface area contributed by atoms with Gasteiger partial charge in [0.15, 0.2) is 0 Å². The zero-order valence-corrected chi connectivity index (χ0v) is 33.3. The van der Waals surface area contributed by atoms with Gasteiger partial charge in [-0.1, -0.05) is 176 Å². The lowest BCUT2D eigenvalue weighted by Gasteiger charge is -2.19. The van der Waals surface area contributed by atoms with Gasteiger partial charge < -0.3 is 0 Å². The molecule has 0 radical (unpaired) electrons. The predicted molar refractivity (Wildman–Crippen MR) is 258 cm³/mol. The van der Waals surface area contributed by atoms with Gasteiger partial charge in [0.05, 0.1) is 11.0 Å². The molecule has 0 fully saturated rings. The van der Waals surface area contributed by atoms with Gasteiger partial charge in [0.25, 0.3) is 0 Å². The van der Waals surface area contributed by atoms with E-state index in [1.165, 1.54) is 76.5 Å². The fourth-order valence-corrected chi connectivity index (χ4v) is 9.31. The Bertz CT molecular complexity index is 3490. The van der Waals surface area contributed by atoms with Crippen molar-refractivity contribution >= 4 is 66.3 Å². The first-order valence-electron chi connectivity index (χ1n) is 20.6. The van der Waals surface area contributed by atoms with Crippen LogP contribution in [-0.4, -0.2) is 9.55 Å². The van der Waals surface area contributed by atoms with Crippen LogP contribution in [-0.2, 0) is 0 Å². The molecule has 282 valence electrons. The van der Waals surface area contributed by atoms with Crippen LogP contribution < -0.4 is 0 Å². The molecule has 0 amide bonds. The highest BCUT2D eigenvalue weighted by Gasteiger charge is 2.19. The fourth-order valence-electron chi connectivity index (χ4n) is 9.31. The number of benzene rings is 10. The molecule has 0 aliphatic rings. The van der Waals surface area contributed by atoms with Crippen molar-refractivity contribution in [1.82, 2.24) is 9.55 Å². The Hall–Kier alpha value is -7.81. The van der Waals surface area contributed by atoms with Crippen molar-refractivity contribution < 1.29 is 0 Å². The van der Waals surface area contributed by atoms with Gasteiger partial charge in [0, 0.05) is 11.3 Å². The van der Waals surface area contributed by atoms with Crippen LogP contribution in [0.1, 0.15) is 18.1 Å². The third-order valence-corrected chi connectivity index (χ3v) is 12.1. The molecule has 0 N–H and O–H groups in total. The quantitative estimate of drug-likeness (QED) is 0.148. The van der Waals surface area contributed by atoms with Crippen molar-refractivity contribution in [3.63, 3.8) is 0 Å². The minimum Gasteiger partial charge on any atom is -0.292 e. The molecule has 0 bridgehead atoms. The van der Waals surface area contributed by atoms with Crippen molar-refractivity contribution in [1.29, 1.82) is 0 Å². The van der Waals surface area contributed by atoms with Gasteiger partial charge in [0.2, 0.25) is 0 Å². The average molecular weight is 765 g/mol. The number of para-hydroxylation sites is 2. The van der Waals surface area contributed by atoms with Crippen LogP contribution in [0.15, 0.2) is 207 Å². The Morgan fingerprint density at radius 2 is 1.08 bits per heavy atom. The number of allylic oxidation sites excluding steroid dienone is 1. The lowest BCUT2D eigenvalue weighted by molar-refractivity contribution is 1.10. The molecule has 0 unspecified atom stereocenters. The number of fused-ring (bicyclic) bond motifs is 7. The molecular weight excluding hydrogens is 725 g/mol. The Kier molecular flexibility index (Phi) is 8.57. The SMILES string of the molecule is C=Cc1cccc(-c2cc3c4ccc(-c5ccc(-n6c(-c7ccccc7)nc7ccccc76)cc5)cc4c(-c4cccc5ccccc45)cc3c3ccccc23)c1/C=C\C. The summed E-state index contributed by atoms with van der Waals surface area (Å²) in [6, 6.07) is 70.6. The smallest absolute Gasteiger partial charge is 0.145 e. The molecule has 0 spiro atoms. The second-order valence-electron chi connectivity index (χ2n) is 15.5. The van der Waals surface area contributed by atoms with E-state index in [9.17, 15) is 0 Å². The van der Waals surface area contributed by atoms with Gasteiger partial charge in [-0.3, -0.25) is 4.57 Å². The molecule has 11 aromatic rings. The molecular formula is C58H40N2. The zero-order valence-electron chi connectivity index (χ0n) is 33.3. The standard InChI is InChI=1S/C58H40N2/c1-3-16-44-38(4-2)20-14-25-46(44)52-36-55-50-34-31-42(39-29-32-43(33-30-39)60-57-28-13-12-27-56(57)59-58(60)41-18-6-5-7-19-41)35-51(50)53(37-54(55)49-24-11-10-23-48(49)52)47-26-15-21-40-17-8-9-22-45(40)47/h3-37H,2H2,1H3/b16-3-. The van der Waals surface area contributed by atoms with Crippen LogP contribution in [0.3, 0.4) is 0 Å². The molecule has 0 aliphatic carbocycles. The Morgan fingerprint density at radius 1 is 0.450 bits per heavy atom. The van der Waals surface area contributed by atoms with Crippen molar-refractivity contribution in [3.8, 4) is 50.5 Å². The van der Waals surface area contributed by atoms with E-state index in [1.54, 1.807) is 0 Å². The molecule has 2 nitrogen and oxygen atoms in total. The Labute approximate surface area is 349 Å². The topological polar surface area (TPSA) is 17.8 Å². The molecule has 0 saturated carbocycles. The van der Waals surface area contributed by atoms with Crippen molar-refractivity contribution in [2.45, 2.75) is 6.92 Å². The van der Waals surface area contributed by atoms with Crippen LogP contribution in [0.2, 0.25) is 0 Å². The summed E-state index contributed by atoms with van der Waals surface area (Å²) >= 11 is 0. The molecule has 10 aromatic carbocycles. The van der Waals surface area contributed by atoms with Crippen LogP contribution in [0.5, 0.6) is 0 Å². The van der Waals surface area contributed by atoms with Crippen molar-refractivity contribution in [2.24, 2.45) is 0 Å². The van der Waals surface area contributed by atoms with E-state index in [0.29, 0.717) is 0 Å². The van der Waals surface area contributed by atoms with E-state index < -0.39 is 0 Å². The van der Waals surface area contributed by atoms with Gasteiger partial charge in [-0.2, -0.15) is 0 Å². The summed E-state index contributed by atoms with van der Waals surface area (Å²) in [4.78, 5) is 5.08. The monoisotopic (exact) mass is 764 g/mol. The Morgan fingerprint density at radius 3 is 1.88 bits per heavy atom. The highest BCUT2D eigenvalue weighted by atomic mass is 15.1. The Balaban J connectivity index is 1.15. The summed E-state index contributed by atoms with van der Waals surface area (Å²) in [5, 5.41) is 9.89. The third-order valence-electron chi connectivity index (χ3n) is 12.1. The highest BCUT2D eigenvalue weighted by molar-refractivity contribution is 6.25. The van der Waals surface area contributed by atoms with Gasteiger partial charge in [-0.05, 0) is 137 Å². The summed E-state index contributed by atoms with van der Waals surface area (Å²) in [7, 11) is 0. The molecule has 1 aromatic heterocycles. The maximum Gasteiger partial charge on any atom is 0.145 e. The van der Waals surface area contributed by atoms with Crippen LogP contribution in [0, 0.1) is 0 Å². The molecule has 0 atom stereocenters. The molecule has 2 heteroatoms. The minimum atomic E-state index is 0.933. The molecule has 60 heavy (non-hydrogen) atoms. The van der Waals surface area contributed by atoms with Gasteiger partial charge in [0.1, 0.15) is 5.82 Å². The number of hydrogen-bond acceptors (Lipinski definition) is 1. The number of rotatable bonds is 7. The lowest BCUT2D eigenvalue weighted by atomic mass is 9.84. The van der Waals surface area contributed by atoms with Crippen molar-refractivity contribution in [2.75, 3.05) is 0 Å². The predicted octanol–water partition coefficient (Wildman–Crippen LogP) is 16.0. The summed E-state index contributed by atoms with van der Waals surface area (Å²) in [6.07, 6.45) is 6.29. The maximum absolute atomic E-state index is 5.08. The van der Waals surface area contributed by atoms with E-state index in [4.69, 9.17) is 4.98 Å². The van der Waals surface area contributed by atoms with Gasteiger partial charge in [-0.25, -0.2) is 4.98 Å². The number of aromatic nitrogens is 2. The molecule has 11 rings (SSSR count).